The molecule has 2 aromatic heterocycles. The summed E-state index contributed by atoms with van der Waals surface area (Å²) in [5.41, 5.74) is 11.4. The van der Waals surface area contributed by atoms with Crippen LogP contribution in [0, 0.1) is 0 Å². The minimum atomic E-state index is -0.619. The van der Waals surface area contributed by atoms with Gasteiger partial charge in [0.2, 0.25) is 0 Å². The van der Waals surface area contributed by atoms with Crippen LogP contribution in [0.15, 0.2) is 30.5 Å². The summed E-state index contributed by atoms with van der Waals surface area (Å²) in [5, 5.41) is 7.59. The second kappa shape index (κ2) is 4.30. The molecule has 17 heavy (non-hydrogen) atoms. The van der Waals surface area contributed by atoms with Crippen LogP contribution in [-0.4, -0.2) is 25.7 Å². The summed E-state index contributed by atoms with van der Waals surface area (Å²) in [6.07, 6.45) is 1.75. The molecule has 1 amide bonds. The second-order valence-corrected chi connectivity index (χ2v) is 3.71. The highest BCUT2D eigenvalue weighted by Gasteiger charge is 2.08. The molecule has 0 aliphatic carbocycles. The zero-order chi connectivity index (χ0) is 12.4. The molecule has 0 unspecified atom stereocenters. The number of carbonyl (C=O) groups is 1. The molecule has 6 nitrogen and oxygen atoms in total. The van der Waals surface area contributed by atoms with Gasteiger partial charge in [-0.15, -0.1) is 10.2 Å². The van der Waals surface area contributed by atoms with E-state index in [-0.39, 0.29) is 10.7 Å². The van der Waals surface area contributed by atoms with Crippen LogP contribution >= 0.6 is 12.2 Å². The summed E-state index contributed by atoms with van der Waals surface area (Å²) < 4.78 is 1.68. The van der Waals surface area contributed by atoms with Gasteiger partial charge in [0.05, 0.1) is 5.69 Å². The fourth-order valence-corrected chi connectivity index (χ4v) is 1.53. The summed E-state index contributed by atoms with van der Waals surface area (Å²) in [5.74, 6) is -0.103. The minimum Gasteiger partial charge on any atom is -0.388 e. The summed E-state index contributed by atoms with van der Waals surface area (Å²) >= 11 is 4.91. The molecule has 0 fully saturated rings. The molecule has 7 heteroatoms. The molecule has 86 valence electrons. The third-order valence-electron chi connectivity index (χ3n) is 2.15. The van der Waals surface area contributed by atoms with E-state index in [0.29, 0.717) is 11.5 Å². The zero-order valence-electron chi connectivity index (χ0n) is 8.70. The average Bonchev–Trinajstić information content (AvgIpc) is 2.78. The first-order valence-electron chi connectivity index (χ1n) is 4.70. The van der Waals surface area contributed by atoms with Crippen molar-refractivity contribution in [3.8, 4) is 5.82 Å². The second-order valence-electron chi connectivity index (χ2n) is 3.27. The van der Waals surface area contributed by atoms with Crippen LogP contribution in [-0.2, 0) is 0 Å². The predicted molar refractivity (Wildman–Crippen MR) is 65.8 cm³/mol. The lowest BCUT2D eigenvalue weighted by molar-refractivity contribution is 0.0994. The van der Waals surface area contributed by atoms with Gasteiger partial charge in [-0.25, -0.2) is 0 Å². The largest absolute Gasteiger partial charge is 0.388 e. The molecular formula is C10H9N5OS. The van der Waals surface area contributed by atoms with E-state index < -0.39 is 5.91 Å². The molecular weight excluding hydrogens is 238 g/mol. The van der Waals surface area contributed by atoms with E-state index in [0.717, 1.165) is 0 Å². The quantitative estimate of drug-likeness (QED) is 0.744. The average molecular weight is 247 g/mol. The topological polar surface area (TPSA) is 99.8 Å². The Morgan fingerprint density at radius 1 is 1.24 bits per heavy atom. The number of amides is 1. The molecule has 2 heterocycles. The van der Waals surface area contributed by atoms with Gasteiger partial charge < -0.3 is 11.5 Å². The monoisotopic (exact) mass is 247 g/mol. The van der Waals surface area contributed by atoms with Crippen LogP contribution in [0.2, 0.25) is 0 Å². The van der Waals surface area contributed by atoms with Crippen molar-refractivity contribution in [2.75, 3.05) is 0 Å². The summed E-state index contributed by atoms with van der Waals surface area (Å²) in [4.78, 5) is 11.1. The number of hydrogen-bond donors (Lipinski definition) is 2. The van der Waals surface area contributed by atoms with Gasteiger partial charge in [0.15, 0.2) is 11.5 Å². The summed E-state index contributed by atoms with van der Waals surface area (Å²) in [6.45, 7) is 0. The third kappa shape index (κ3) is 2.13. The van der Waals surface area contributed by atoms with Crippen molar-refractivity contribution >= 4 is 23.1 Å². The highest BCUT2D eigenvalue weighted by molar-refractivity contribution is 7.80. The number of hydrogen-bond acceptors (Lipinski definition) is 4. The molecule has 0 aliphatic rings. The molecule has 2 aromatic rings. The first-order valence-corrected chi connectivity index (χ1v) is 5.11. The Kier molecular flexibility index (Phi) is 2.84. The van der Waals surface area contributed by atoms with Crippen molar-refractivity contribution < 1.29 is 4.79 Å². The molecule has 0 radical (unpaired) electrons. The molecule has 2 rings (SSSR count). The number of thiocarbonyl (C=S) groups is 1. The highest BCUT2D eigenvalue weighted by Crippen LogP contribution is 2.09. The van der Waals surface area contributed by atoms with Crippen LogP contribution in [0.25, 0.3) is 5.82 Å². The van der Waals surface area contributed by atoms with E-state index >= 15 is 0 Å². The molecule has 0 spiro atoms. The molecule has 0 atom stereocenters. The van der Waals surface area contributed by atoms with Gasteiger partial charge in [-0.1, -0.05) is 12.2 Å². The number of nitrogens with two attached hydrogens (primary N) is 2. The number of aromatic nitrogens is 3. The van der Waals surface area contributed by atoms with Gasteiger partial charge >= 0.3 is 0 Å². The zero-order valence-corrected chi connectivity index (χ0v) is 9.52. The smallest absolute Gasteiger partial charge is 0.269 e. The van der Waals surface area contributed by atoms with Gasteiger partial charge in [-0.05, 0) is 24.3 Å². The maximum Gasteiger partial charge on any atom is 0.269 e. The number of rotatable bonds is 3. The van der Waals surface area contributed by atoms with E-state index in [9.17, 15) is 4.79 Å². The fourth-order valence-electron chi connectivity index (χ4n) is 1.37. The lowest BCUT2D eigenvalue weighted by Gasteiger charge is -2.06. The Morgan fingerprint density at radius 2 is 2.00 bits per heavy atom. The first-order chi connectivity index (χ1) is 8.09. The van der Waals surface area contributed by atoms with E-state index in [1.165, 1.54) is 6.07 Å². The van der Waals surface area contributed by atoms with Crippen molar-refractivity contribution in [3.05, 3.63) is 41.9 Å². The third-order valence-corrected chi connectivity index (χ3v) is 2.36. The number of carbonyl (C=O) groups excluding carboxylic acids is 1. The SMILES string of the molecule is NC(=O)c1ccc(-n2cccc2C(N)=S)nn1. The molecule has 0 saturated heterocycles. The van der Waals surface area contributed by atoms with Crippen molar-refractivity contribution in [2.45, 2.75) is 0 Å². The maximum atomic E-state index is 10.8. The van der Waals surface area contributed by atoms with Crippen LogP contribution < -0.4 is 11.5 Å². The van der Waals surface area contributed by atoms with E-state index in [1.807, 2.05) is 0 Å². The van der Waals surface area contributed by atoms with Crippen molar-refractivity contribution in [3.63, 3.8) is 0 Å². The molecule has 0 aliphatic heterocycles. The van der Waals surface area contributed by atoms with E-state index in [2.05, 4.69) is 10.2 Å². The van der Waals surface area contributed by atoms with Crippen molar-refractivity contribution in [1.29, 1.82) is 0 Å². The fraction of sp³-hybridized carbons (Fsp3) is 0. The van der Waals surface area contributed by atoms with Gasteiger partial charge in [-0.2, -0.15) is 0 Å². The first kappa shape index (κ1) is 11.2. The van der Waals surface area contributed by atoms with Crippen molar-refractivity contribution in [2.24, 2.45) is 11.5 Å². The Balaban J connectivity index is 2.43. The molecule has 0 aromatic carbocycles. The maximum absolute atomic E-state index is 10.8. The van der Waals surface area contributed by atoms with Crippen LogP contribution in [0.1, 0.15) is 16.2 Å². The van der Waals surface area contributed by atoms with E-state index in [1.54, 1.807) is 29.0 Å². The van der Waals surface area contributed by atoms with Crippen LogP contribution in [0.3, 0.4) is 0 Å². The summed E-state index contributed by atoms with van der Waals surface area (Å²) in [6, 6.07) is 6.67. The Labute approximate surface area is 102 Å². The van der Waals surface area contributed by atoms with Crippen molar-refractivity contribution in [1.82, 2.24) is 14.8 Å². The Morgan fingerprint density at radius 3 is 2.53 bits per heavy atom. The van der Waals surface area contributed by atoms with Crippen LogP contribution in [0.4, 0.5) is 0 Å². The lowest BCUT2D eigenvalue weighted by Crippen LogP contribution is -2.17. The Hall–Kier alpha value is -2.28. The number of primary amides is 1. The molecule has 0 bridgehead atoms. The molecule has 4 N–H and O–H groups in total. The standard InChI is InChI=1S/C10H9N5OS/c11-9(16)6-3-4-8(14-13-6)15-5-1-2-7(15)10(12)17/h1-5H,(H2,11,16)(H2,12,17). The molecule has 0 saturated carbocycles. The number of nitrogens with zero attached hydrogens (tertiary/aromatic N) is 3. The van der Waals surface area contributed by atoms with Crippen LogP contribution in [0.5, 0.6) is 0 Å². The predicted octanol–water partition coefficient (Wildman–Crippen LogP) is 0.000400. The van der Waals surface area contributed by atoms with E-state index in [4.69, 9.17) is 23.7 Å². The van der Waals surface area contributed by atoms with Gasteiger partial charge in [-0.3, -0.25) is 9.36 Å². The lowest BCUT2D eigenvalue weighted by atomic mass is 10.3. The Bertz CT molecular complexity index is 575. The highest BCUT2D eigenvalue weighted by atomic mass is 32.1. The minimum absolute atomic E-state index is 0.109. The normalized spacial score (nSPS) is 10.1. The van der Waals surface area contributed by atoms with Gasteiger partial charge in [0.1, 0.15) is 4.99 Å². The summed E-state index contributed by atoms with van der Waals surface area (Å²) in [7, 11) is 0. The van der Waals surface area contributed by atoms with Gasteiger partial charge in [0.25, 0.3) is 5.91 Å². The van der Waals surface area contributed by atoms with Gasteiger partial charge in [0, 0.05) is 6.20 Å².